The Labute approximate surface area is 121 Å². The number of carbonyl (C=O) groups excluding carboxylic acids is 2. The number of rotatable bonds is 3. The van der Waals surface area contributed by atoms with Crippen LogP contribution in [0.15, 0.2) is 23.5 Å². The van der Waals surface area contributed by atoms with Crippen LogP contribution in [0.25, 0.3) is 0 Å². The third-order valence-corrected chi connectivity index (χ3v) is 3.74. The summed E-state index contributed by atoms with van der Waals surface area (Å²) in [5, 5.41) is 11.4. The highest BCUT2D eigenvalue weighted by Crippen LogP contribution is 2.30. The third-order valence-electron chi connectivity index (χ3n) is 3.74. The molecule has 1 aliphatic rings. The summed E-state index contributed by atoms with van der Waals surface area (Å²) in [5.74, 6) is -0.761. The molecule has 0 saturated carbocycles. The Morgan fingerprint density at radius 3 is 2.62 bits per heavy atom. The summed E-state index contributed by atoms with van der Waals surface area (Å²) in [7, 11) is 0. The van der Waals surface area contributed by atoms with Gasteiger partial charge >= 0.3 is 0 Å². The Kier molecular flexibility index (Phi) is 3.79. The second kappa shape index (κ2) is 5.39. The summed E-state index contributed by atoms with van der Waals surface area (Å²) in [6.07, 6.45) is 1.89. The van der Waals surface area contributed by atoms with Gasteiger partial charge in [0.15, 0.2) is 5.84 Å². The molecule has 0 bridgehead atoms. The van der Waals surface area contributed by atoms with Crippen LogP contribution in [-0.4, -0.2) is 45.8 Å². The molecule has 2 rings (SSSR count). The minimum Gasteiger partial charge on any atom is -0.409 e. The van der Waals surface area contributed by atoms with Gasteiger partial charge in [0.25, 0.3) is 5.91 Å². The first-order chi connectivity index (χ1) is 9.87. The van der Waals surface area contributed by atoms with E-state index in [9.17, 15) is 9.59 Å². The van der Waals surface area contributed by atoms with Gasteiger partial charge in [0.2, 0.25) is 5.91 Å². The predicted octanol–water partition coefficient (Wildman–Crippen LogP) is -0.486. The first-order valence-corrected chi connectivity index (χ1v) is 6.40. The van der Waals surface area contributed by atoms with Crippen molar-refractivity contribution in [3.63, 3.8) is 0 Å². The Balaban J connectivity index is 2.13. The lowest BCUT2D eigenvalue weighted by Gasteiger charge is -2.20. The molecule has 1 fully saturated rings. The van der Waals surface area contributed by atoms with E-state index in [1.165, 1.54) is 12.3 Å². The molecule has 1 aromatic heterocycles. The first kappa shape index (κ1) is 14.8. The van der Waals surface area contributed by atoms with Crippen LogP contribution in [0, 0.1) is 5.41 Å². The fourth-order valence-corrected chi connectivity index (χ4v) is 2.23. The van der Waals surface area contributed by atoms with E-state index >= 15 is 0 Å². The largest absolute Gasteiger partial charge is 0.409 e. The van der Waals surface area contributed by atoms with Crippen LogP contribution in [0.5, 0.6) is 0 Å². The van der Waals surface area contributed by atoms with E-state index in [0.29, 0.717) is 18.5 Å². The highest BCUT2D eigenvalue weighted by Gasteiger charge is 2.41. The zero-order chi connectivity index (χ0) is 15.6. The average molecular weight is 291 g/mol. The van der Waals surface area contributed by atoms with E-state index < -0.39 is 11.3 Å². The van der Waals surface area contributed by atoms with Gasteiger partial charge in [0, 0.05) is 24.8 Å². The predicted molar refractivity (Wildman–Crippen MR) is 74.6 cm³/mol. The number of primary amides is 1. The number of amidine groups is 1. The van der Waals surface area contributed by atoms with Crippen molar-refractivity contribution < 1.29 is 14.8 Å². The van der Waals surface area contributed by atoms with Crippen molar-refractivity contribution >= 4 is 17.6 Å². The zero-order valence-corrected chi connectivity index (χ0v) is 11.6. The number of nitrogens with two attached hydrogens (primary N) is 2. The molecule has 1 aliphatic heterocycles. The Morgan fingerprint density at radius 1 is 1.43 bits per heavy atom. The summed E-state index contributed by atoms with van der Waals surface area (Å²) < 4.78 is 0. The molecular formula is C13H17N5O3. The molecule has 21 heavy (non-hydrogen) atoms. The lowest BCUT2D eigenvalue weighted by molar-refractivity contribution is -0.126. The smallest absolute Gasteiger partial charge is 0.272 e. The van der Waals surface area contributed by atoms with Gasteiger partial charge in [-0.05, 0) is 25.5 Å². The normalized spacial score (nSPS) is 22.3. The minimum absolute atomic E-state index is 0.0797. The number of amides is 2. The SMILES string of the molecule is CC1(C(N)=O)CCN(C(=O)c2ccc(/C(N)=N/O)cn2)C1. The molecule has 1 aromatic rings. The van der Waals surface area contributed by atoms with E-state index in [2.05, 4.69) is 10.1 Å². The lowest BCUT2D eigenvalue weighted by Crippen LogP contribution is -2.38. The standard InChI is InChI=1S/C13H17N5O3/c1-13(12(15)20)4-5-18(7-13)11(19)9-3-2-8(6-16-9)10(14)17-21/h2-3,6,21H,4-5,7H2,1H3,(H2,14,17)(H2,15,20). The van der Waals surface area contributed by atoms with Gasteiger partial charge in [-0.2, -0.15) is 0 Å². The summed E-state index contributed by atoms with van der Waals surface area (Å²) in [5.41, 5.74) is 10.7. The van der Waals surface area contributed by atoms with E-state index in [1.54, 1.807) is 17.9 Å². The summed E-state index contributed by atoms with van der Waals surface area (Å²) in [6.45, 7) is 2.49. The van der Waals surface area contributed by atoms with E-state index in [4.69, 9.17) is 16.7 Å². The molecule has 0 spiro atoms. The number of aromatic nitrogens is 1. The molecule has 0 aromatic carbocycles. The van der Waals surface area contributed by atoms with Crippen molar-refractivity contribution in [1.82, 2.24) is 9.88 Å². The molecule has 8 nitrogen and oxygen atoms in total. The maximum atomic E-state index is 12.3. The molecule has 0 radical (unpaired) electrons. The monoisotopic (exact) mass is 291 g/mol. The van der Waals surface area contributed by atoms with Crippen LogP contribution in [0.2, 0.25) is 0 Å². The fraction of sp³-hybridized carbons (Fsp3) is 0.385. The lowest BCUT2D eigenvalue weighted by atomic mass is 9.89. The second-order valence-electron chi connectivity index (χ2n) is 5.32. The minimum atomic E-state index is -0.691. The molecule has 1 atom stereocenters. The Morgan fingerprint density at radius 2 is 2.14 bits per heavy atom. The van der Waals surface area contributed by atoms with Gasteiger partial charge in [-0.1, -0.05) is 5.16 Å². The number of hydrogen-bond acceptors (Lipinski definition) is 5. The molecule has 0 aliphatic carbocycles. The molecule has 5 N–H and O–H groups in total. The van der Waals surface area contributed by atoms with Gasteiger partial charge in [-0.15, -0.1) is 0 Å². The topological polar surface area (TPSA) is 135 Å². The highest BCUT2D eigenvalue weighted by atomic mass is 16.4. The fourth-order valence-electron chi connectivity index (χ4n) is 2.23. The van der Waals surface area contributed by atoms with E-state index in [0.717, 1.165) is 0 Å². The number of pyridine rings is 1. The van der Waals surface area contributed by atoms with Gasteiger partial charge in [0.05, 0.1) is 5.41 Å². The highest BCUT2D eigenvalue weighted by molar-refractivity contribution is 5.98. The van der Waals surface area contributed by atoms with E-state index in [1.807, 2.05) is 0 Å². The van der Waals surface area contributed by atoms with Gasteiger partial charge in [-0.3, -0.25) is 14.6 Å². The Hall–Kier alpha value is -2.64. The summed E-state index contributed by atoms with van der Waals surface area (Å²) in [6, 6.07) is 3.04. The first-order valence-electron chi connectivity index (χ1n) is 6.40. The van der Waals surface area contributed by atoms with E-state index in [-0.39, 0.29) is 24.0 Å². The van der Waals surface area contributed by atoms with Crippen LogP contribution in [0.3, 0.4) is 0 Å². The summed E-state index contributed by atoms with van der Waals surface area (Å²) in [4.78, 5) is 29.3. The maximum Gasteiger partial charge on any atom is 0.272 e. The molecule has 112 valence electrons. The molecular weight excluding hydrogens is 274 g/mol. The van der Waals surface area contributed by atoms with Crippen molar-refractivity contribution in [3.05, 3.63) is 29.6 Å². The quantitative estimate of drug-likeness (QED) is 0.299. The average Bonchev–Trinajstić information content (AvgIpc) is 2.90. The van der Waals surface area contributed by atoms with Crippen LogP contribution >= 0.6 is 0 Å². The van der Waals surface area contributed by atoms with Crippen molar-refractivity contribution in [2.24, 2.45) is 22.0 Å². The zero-order valence-electron chi connectivity index (χ0n) is 11.6. The number of hydrogen-bond donors (Lipinski definition) is 3. The maximum absolute atomic E-state index is 12.3. The van der Waals surface area contributed by atoms with Gasteiger partial charge in [0.1, 0.15) is 5.69 Å². The van der Waals surface area contributed by atoms with Gasteiger partial charge in [-0.25, -0.2) is 0 Å². The summed E-state index contributed by atoms with van der Waals surface area (Å²) >= 11 is 0. The van der Waals surface area contributed by atoms with Crippen LogP contribution in [0.1, 0.15) is 29.4 Å². The van der Waals surface area contributed by atoms with Crippen molar-refractivity contribution in [3.8, 4) is 0 Å². The molecule has 1 unspecified atom stereocenters. The number of likely N-dealkylation sites (tertiary alicyclic amines) is 1. The molecule has 2 amide bonds. The van der Waals surface area contributed by atoms with Crippen LogP contribution in [0.4, 0.5) is 0 Å². The third kappa shape index (κ3) is 2.78. The van der Waals surface area contributed by atoms with Gasteiger partial charge < -0.3 is 21.6 Å². The second-order valence-corrected chi connectivity index (χ2v) is 5.32. The van der Waals surface area contributed by atoms with Crippen molar-refractivity contribution in [2.45, 2.75) is 13.3 Å². The molecule has 8 heteroatoms. The molecule has 1 saturated heterocycles. The van der Waals surface area contributed by atoms with Crippen LogP contribution in [-0.2, 0) is 4.79 Å². The van der Waals surface area contributed by atoms with Crippen molar-refractivity contribution in [2.75, 3.05) is 13.1 Å². The Bertz CT molecular complexity index is 598. The number of carbonyl (C=O) groups is 2. The number of nitrogens with zero attached hydrogens (tertiary/aromatic N) is 3. The molecule has 2 heterocycles. The van der Waals surface area contributed by atoms with Crippen molar-refractivity contribution in [1.29, 1.82) is 0 Å². The number of oxime groups is 1. The van der Waals surface area contributed by atoms with Crippen LogP contribution < -0.4 is 11.5 Å².